The van der Waals surface area contributed by atoms with Crippen LogP contribution in [0.2, 0.25) is 0 Å². The molecule has 1 heterocycles. The highest BCUT2D eigenvalue weighted by Crippen LogP contribution is 2.29. The minimum atomic E-state index is -4.23. The lowest BCUT2D eigenvalue weighted by atomic mass is 10.1. The molecule has 0 radical (unpaired) electrons. The second-order valence-electron chi connectivity index (χ2n) is 7.38. The van der Waals surface area contributed by atoms with Gasteiger partial charge >= 0.3 is 5.97 Å². The van der Waals surface area contributed by atoms with Crippen LogP contribution in [-0.4, -0.2) is 57.3 Å². The summed E-state index contributed by atoms with van der Waals surface area (Å²) in [5.41, 5.74) is 1.62. The van der Waals surface area contributed by atoms with Crippen LogP contribution in [0.5, 0.6) is 0 Å². The predicted octanol–water partition coefficient (Wildman–Crippen LogP) is 2.15. The van der Waals surface area contributed by atoms with Gasteiger partial charge in [0.05, 0.1) is 9.82 Å². The summed E-state index contributed by atoms with van der Waals surface area (Å²) in [4.78, 5) is 39.4. The number of carbonyl (C=O) groups excluding carboxylic acids is 2. The van der Waals surface area contributed by atoms with E-state index >= 15 is 0 Å². The molecule has 11 nitrogen and oxygen atoms in total. The summed E-state index contributed by atoms with van der Waals surface area (Å²) in [6.45, 7) is 0.419. The Labute approximate surface area is 189 Å². The lowest BCUT2D eigenvalue weighted by Crippen LogP contribution is -2.31. The molecule has 0 aliphatic heterocycles. The van der Waals surface area contributed by atoms with Crippen molar-refractivity contribution in [2.24, 2.45) is 0 Å². The molecule has 174 valence electrons. The number of nitrogens with zero attached hydrogens (tertiary/aromatic N) is 2. The van der Waals surface area contributed by atoms with E-state index in [1.165, 1.54) is 17.0 Å². The molecule has 33 heavy (non-hydrogen) atoms. The van der Waals surface area contributed by atoms with Gasteiger partial charge in [0.15, 0.2) is 6.61 Å². The average molecular weight is 474 g/mol. The molecule has 2 aromatic carbocycles. The van der Waals surface area contributed by atoms with Crippen molar-refractivity contribution < 1.29 is 27.7 Å². The Hall–Kier alpha value is -3.77. The number of H-pyrrole nitrogens is 1. The molecule has 0 aliphatic carbocycles. The largest absolute Gasteiger partial charge is 0.456 e. The Morgan fingerprint density at radius 1 is 1.18 bits per heavy atom. The van der Waals surface area contributed by atoms with Gasteiger partial charge in [0.1, 0.15) is 12.2 Å². The number of aromatic nitrogens is 1. The van der Waals surface area contributed by atoms with Gasteiger partial charge in [0.2, 0.25) is 15.8 Å². The number of fused-ring (bicyclic) bond motifs is 1. The highest BCUT2D eigenvalue weighted by molar-refractivity contribution is 7.89. The van der Waals surface area contributed by atoms with Crippen LogP contribution >= 0.6 is 0 Å². The molecule has 12 heteroatoms. The zero-order valence-electron chi connectivity index (χ0n) is 18.1. The quantitative estimate of drug-likeness (QED) is 0.207. The van der Waals surface area contributed by atoms with E-state index in [0.29, 0.717) is 16.6 Å². The fourth-order valence-corrected chi connectivity index (χ4v) is 4.33. The van der Waals surface area contributed by atoms with Crippen molar-refractivity contribution in [3.05, 3.63) is 63.8 Å². The summed E-state index contributed by atoms with van der Waals surface area (Å²) >= 11 is 0. The molecule has 0 fully saturated rings. The second kappa shape index (κ2) is 9.38. The number of anilines is 1. The number of rotatable bonds is 9. The highest BCUT2D eigenvalue weighted by Gasteiger charge is 2.23. The minimum Gasteiger partial charge on any atom is -0.456 e. The Balaban J connectivity index is 1.64. The maximum Gasteiger partial charge on any atom is 0.321 e. The number of Topliss-reactive ketones (excluding diaryl/α,β-unsaturated/α-hetero) is 1. The number of hydrogen-bond donors (Lipinski definition) is 2. The van der Waals surface area contributed by atoms with E-state index in [1.54, 1.807) is 33.2 Å². The fourth-order valence-electron chi connectivity index (χ4n) is 3.34. The van der Waals surface area contributed by atoms with E-state index in [1.807, 2.05) is 16.9 Å². The Morgan fingerprint density at radius 2 is 1.88 bits per heavy atom. The van der Waals surface area contributed by atoms with Crippen molar-refractivity contribution in [2.45, 2.75) is 11.8 Å². The second-order valence-corrected chi connectivity index (χ2v) is 9.15. The predicted molar refractivity (Wildman–Crippen MR) is 121 cm³/mol. The van der Waals surface area contributed by atoms with Gasteiger partial charge in [0.25, 0.3) is 5.69 Å². The molecule has 0 spiro atoms. The smallest absolute Gasteiger partial charge is 0.321 e. The zero-order valence-corrected chi connectivity index (χ0v) is 18.9. The molecule has 3 rings (SSSR count). The number of carbonyl (C=O) groups is 2. The van der Waals surface area contributed by atoms with Crippen LogP contribution in [0.4, 0.5) is 11.4 Å². The summed E-state index contributed by atoms with van der Waals surface area (Å²) in [5.74, 6) is -1.40. The van der Waals surface area contributed by atoms with Crippen LogP contribution in [0.15, 0.2) is 47.4 Å². The number of nitro groups is 1. The Morgan fingerprint density at radius 3 is 2.55 bits per heavy atom. The van der Waals surface area contributed by atoms with E-state index in [2.05, 4.69) is 4.98 Å². The molecule has 0 aliphatic rings. The number of sulfonamides is 1. The lowest BCUT2D eigenvalue weighted by Gasteiger charge is -2.13. The monoisotopic (exact) mass is 474 g/mol. The number of ether oxygens (including phenoxy) is 1. The maximum absolute atomic E-state index is 12.6. The van der Waals surface area contributed by atoms with E-state index in [-0.39, 0.29) is 10.6 Å². The number of nitrogens with one attached hydrogen (secondary N) is 2. The highest BCUT2D eigenvalue weighted by atomic mass is 32.2. The summed E-state index contributed by atoms with van der Waals surface area (Å²) in [6, 6.07) is 10.6. The van der Waals surface area contributed by atoms with Crippen LogP contribution in [0, 0.1) is 17.0 Å². The van der Waals surface area contributed by atoms with Crippen LogP contribution in [0.3, 0.4) is 0 Å². The van der Waals surface area contributed by atoms with E-state index < -0.39 is 45.5 Å². The molecule has 1 aromatic heterocycles. The standard InChI is InChI=1S/C21H22N4O7S/c1-13-21(15-6-4-5-7-16(15)23-13)19(26)12-32-20(27)11-22-33(30,31)14-8-9-17(24(2)3)18(10-14)25(28)29/h4-10,22-23H,11-12H2,1-3H3. The third-order valence-electron chi connectivity index (χ3n) is 4.88. The summed E-state index contributed by atoms with van der Waals surface area (Å²) in [7, 11) is -1.06. The van der Waals surface area contributed by atoms with Crippen LogP contribution in [-0.2, 0) is 19.6 Å². The van der Waals surface area contributed by atoms with Gasteiger partial charge in [-0.05, 0) is 25.1 Å². The average Bonchev–Trinajstić information content (AvgIpc) is 3.11. The van der Waals surface area contributed by atoms with Gasteiger partial charge in [-0.3, -0.25) is 19.7 Å². The summed E-state index contributed by atoms with van der Waals surface area (Å²) in [5, 5.41) is 12.0. The number of para-hydroxylation sites is 1. The molecule has 0 unspecified atom stereocenters. The first-order valence-corrected chi connectivity index (χ1v) is 11.2. The van der Waals surface area contributed by atoms with Gasteiger partial charge in [-0.2, -0.15) is 4.72 Å². The van der Waals surface area contributed by atoms with E-state index in [9.17, 15) is 28.1 Å². The third-order valence-corrected chi connectivity index (χ3v) is 6.28. The molecular formula is C21H22N4O7S. The first-order chi connectivity index (χ1) is 15.5. The van der Waals surface area contributed by atoms with Crippen molar-refractivity contribution in [1.82, 2.24) is 9.71 Å². The van der Waals surface area contributed by atoms with Gasteiger partial charge in [-0.1, -0.05) is 18.2 Å². The molecule has 0 atom stereocenters. The van der Waals surface area contributed by atoms with Crippen molar-refractivity contribution >= 4 is 44.1 Å². The van der Waals surface area contributed by atoms with Crippen molar-refractivity contribution in [3.63, 3.8) is 0 Å². The first kappa shape index (κ1) is 23.9. The Kier molecular flexibility index (Phi) is 6.79. The fraction of sp³-hybridized carbons (Fsp3) is 0.238. The first-order valence-electron chi connectivity index (χ1n) is 9.73. The van der Waals surface area contributed by atoms with Crippen LogP contribution in [0.25, 0.3) is 10.9 Å². The summed E-state index contributed by atoms with van der Waals surface area (Å²) in [6.07, 6.45) is 0. The minimum absolute atomic E-state index is 0.226. The Bertz CT molecular complexity index is 1350. The number of nitro benzene ring substituents is 1. The van der Waals surface area contributed by atoms with Gasteiger partial charge in [-0.15, -0.1) is 0 Å². The number of hydrogen-bond acceptors (Lipinski definition) is 8. The summed E-state index contributed by atoms with van der Waals surface area (Å²) < 4.78 is 31.9. The van der Waals surface area contributed by atoms with Crippen LogP contribution < -0.4 is 9.62 Å². The molecular weight excluding hydrogens is 452 g/mol. The molecule has 0 amide bonds. The number of esters is 1. The molecule has 3 aromatic rings. The third kappa shape index (κ3) is 5.18. The van der Waals surface area contributed by atoms with Gasteiger partial charge < -0.3 is 14.6 Å². The number of ketones is 1. The van der Waals surface area contributed by atoms with E-state index in [0.717, 1.165) is 11.6 Å². The number of aryl methyl sites for hydroxylation is 1. The normalized spacial score (nSPS) is 11.4. The maximum atomic E-state index is 12.6. The van der Waals surface area contributed by atoms with E-state index in [4.69, 9.17) is 4.74 Å². The van der Waals surface area contributed by atoms with Crippen molar-refractivity contribution in [3.8, 4) is 0 Å². The molecule has 0 saturated heterocycles. The number of benzene rings is 2. The molecule has 0 bridgehead atoms. The van der Waals surface area contributed by atoms with Crippen molar-refractivity contribution in [1.29, 1.82) is 0 Å². The zero-order chi connectivity index (χ0) is 24.3. The molecule has 2 N–H and O–H groups in total. The SMILES string of the molecule is Cc1[nH]c2ccccc2c1C(=O)COC(=O)CNS(=O)(=O)c1ccc(N(C)C)c([N+](=O)[O-])c1. The number of aromatic amines is 1. The lowest BCUT2D eigenvalue weighted by molar-refractivity contribution is -0.384. The molecule has 0 saturated carbocycles. The van der Waals surface area contributed by atoms with Gasteiger partial charge in [0, 0.05) is 42.3 Å². The van der Waals surface area contributed by atoms with Crippen LogP contribution in [0.1, 0.15) is 16.1 Å². The topological polar surface area (TPSA) is 152 Å². The van der Waals surface area contributed by atoms with Gasteiger partial charge in [-0.25, -0.2) is 8.42 Å². The van der Waals surface area contributed by atoms with Crippen molar-refractivity contribution in [2.75, 3.05) is 32.1 Å².